The second-order valence-electron chi connectivity index (χ2n) is 5.33. The molecule has 20 heavy (non-hydrogen) atoms. The predicted octanol–water partition coefficient (Wildman–Crippen LogP) is 3.93. The quantitative estimate of drug-likeness (QED) is 0.834. The van der Waals surface area contributed by atoms with Crippen LogP contribution in [0.25, 0.3) is 0 Å². The average Bonchev–Trinajstić information content (AvgIpc) is 2.51. The number of anilines is 1. The first-order chi connectivity index (χ1) is 9.74. The first-order valence-corrected chi connectivity index (χ1v) is 7.80. The molecule has 0 amide bonds. The molecular formula is C16H18BrN3. The van der Waals surface area contributed by atoms with Crippen LogP contribution in [-0.2, 0) is 0 Å². The van der Waals surface area contributed by atoms with Crippen LogP contribution in [0.15, 0.2) is 41.3 Å². The molecule has 0 saturated carbocycles. The van der Waals surface area contributed by atoms with Gasteiger partial charge in [0.05, 0.1) is 6.20 Å². The van der Waals surface area contributed by atoms with Crippen LogP contribution in [0.4, 0.5) is 5.82 Å². The summed E-state index contributed by atoms with van der Waals surface area (Å²) in [5, 5.41) is 0. The highest BCUT2D eigenvalue weighted by atomic mass is 79.9. The largest absolute Gasteiger partial charge is 0.355 e. The minimum absolute atomic E-state index is 0.662. The van der Waals surface area contributed by atoms with Crippen molar-refractivity contribution in [2.75, 3.05) is 18.0 Å². The third kappa shape index (κ3) is 2.85. The average molecular weight is 332 g/mol. The lowest BCUT2D eigenvalue weighted by atomic mass is 9.89. The van der Waals surface area contributed by atoms with Gasteiger partial charge in [-0.15, -0.1) is 0 Å². The monoisotopic (exact) mass is 331 g/mol. The molecule has 104 valence electrons. The molecule has 1 aliphatic rings. The highest BCUT2D eigenvalue weighted by Gasteiger charge is 2.21. The van der Waals surface area contributed by atoms with E-state index in [0.717, 1.165) is 18.9 Å². The molecular weight excluding hydrogens is 314 g/mol. The van der Waals surface area contributed by atoms with Crippen molar-refractivity contribution >= 4 is 21.7 Å². The van der Waals surface area contributed by atoms with E-state index in [1.165, 1.54) is 28.4 Å². The van der Waals surface area contributed by atoms with Crippen molar-refractivity contribution in [3.05, 3.63) is 52.4 Å². The smallest absolute Gasteiger partial charge is 0.147 e. The molecule has 1 aliphatic heterocycles. The molecule has 0 aliphatic carbocycles. The molecule has 3 rings (SSSR count). The maximum atomic E-state index is 4.38. The summed E-state index contributed by atoms with van der Waals surface area (Å²) in [5.41, 5.74) is 2.78. The first kappa shape index (κ1) is 13.6. The zero-order valence-electron chi connectivity index (χ0n) is 11.6. The molecule has 2 heterocycles. The van der Waals surface area contributed by atoms with E-state index in [2.05, 4.69) is 55.9 Å². The Morgan fingerprint density at radius 1 is 1.20 bits per heavy atom. The minimum Gasteiger partial charge on any atom is -0.355 e. The number of nitrogens with zero attached hydrogens (tertiary/aromatic N) is 3. The maximum absolute atomic E-state index is 4.38. The summed E-state index contributed by atoms with van der Waals surface area (Å²) < 4.78 is 1.19. The van der Waals surface area contributed by atoms with E-state index in [0.29, 0.717) is 5.92 Å². The SMILES string of the molecule is Cc1cc(C2CCN(c3cnccn3)CC2)ccc1Br. The summed E-state index contributed by atoms with van der Waals surface area (Å²) in [6.45, 7) is 4.26. The van der Waals surface area contributed by atoms with E-state index < -0.39 is 0 Å². The molecule has 0 bridgehead atoms. The Balaban J connectivity index is 1.68. The summed E-state index contributed by atoms with van der Waals surface area (Å²) in [4.78, 5) is 10.9. The van der Waals surface area contributed by atoms with Gasteiger partial charge >= 0.3 is 0 Å². The van der Waals surface area contributed by atoms with E-state index in [1.807, 2.05) is 6.20 Å². The van der Waals surface area contributed by atoms with E-state index in [-0.39, 0.29) is 0 Å². The maximum Gasteiger partial charge on any atom is 0.147 e. The molecule has 0 spiro atoms. The standard InChI is InChI=1S/C16H18BrN3/c1-12-10-14(2-3-15(12)17)13-4-8-20(9-5-13)16-11-18-6-7-19-16/h2-3,6-7,10-11,13H,4-5,8-9H2,1H3. The summed E-state index contributed by atoms with van der Waals surface area (Å²) in [5.74, 6) is 1.66. The third-order valence-electron chi connectivity index (χ3n) is 4.02. The summed E-state index contributed by atoms with van der Waals surface area (Å²) in [7, 11) is 0. The van der Waals surface area contributed by atoms with Crippen molar-refractivity contribution < 1.29 is 0 Å². The van der Waals surface area contributed by atoms with E-state index in [4.69, 9.17) is 0 Å². The van der Waals surface area contributed by atoms with Crippen molar-refractivity contribution in [1.29, 1.82) is 0 Å². The summed E-state index contributed by atoms with van der Waals surface area (Å²) in [6, 6.07) is 6.73. The zero-order chi connectivity index (χ0) is 13.9. The van der Waals surface area contributed by atoms with Crippen molar-refractivity contribution in [3.63, 3.8) is 0 Å². The van der Waals surface area contributed by atoms with Gasteiger partial charge in [-0.1, -0.05) is 28.1 Å². The molecule has 1 fully saturated rings. The lowest BCUT2D eigenvalue weighted by Gasteiger charge is -2.32. The topological polar surface area (TPSA) is 29.0 Å². The Kier molecular flexibility index (Phi) is 4.01. The van der Waals surface area contributed by atoms with Gasteiger partial charge in [-0.25, -0.2) is 4.98 Å². The number of hydrogen-bond donors (Lipinski definition) is 0. The van der Waals surface area contributed by atoms with Gasteiger partial charge in [0.15, 0.2) is 0 Å². The number of hydrogen-bond acceptors (Lipinski definition) is 3. The lowest BCUT2D eigenvalue weighted by molar-refractivity contribution is 0.502. The van der Waals surface area contributed by atoms with Crippen molar-refractivity contribution in [3.8, 4) is 0 Å². The molecule has 0 radical (unpaired) electrons. The van der Waals surface area contributed by atoms with Crippen molar-refractivity contribution in [1.82, 2.24) is 9.97 Å². The van der Waals surface area contributed by atoms with E-state index in [9.17, 15) is 0 Å². The highest BCUT2D eigenvalue weighted by Crippen LogP contribution is 2.31. The second-order valence-corrected chi connectivity index (χ2v) is 6.19. The molecule has 0 unspecified atom stereocenters. The van der Waals surface area contributed by atoms with Crippen LogP contribution >= 0.6 is 15.9 Å². The fraction of sp³-hybridized carbons (Fsp3) is 0.375. The number of aromatic nitrogens is 2. The molecule has 2 aromatic rings. The van der Waals surface area contributed by atoms with Gasteiger partial charge in [-0.2, -0.15) is 0 Å². The van der Waals surface area contributed by atoms with E-state index >= 15 is 0 Å². The highest BCUT2D eigenvalue weighted by molar-refractivity contribution is 9.10. The molecule has 1 aromatic heterocycles. The number of halogens is 1. The number of aryl methyl sites for hydroxylation is 1. The number of benzene rings is 1. The fourth-order valence-electron chi connectivity index (χ4n) is 2.82. The van der Waals surface area contributed by atoms with Gasteiger partial charge in [0.2, 0.25) is 0 Å². The Morgan fingerprint density at radius 2 is 2.00 bits per heavy atom. The molecule has 1 saturated heterocycles. The van der Waals surface area contributed by atoms with Gasteiger partial charge < -0.3 is 4.90 Å². The van der Waals surface area contributed by atoms with Crippen LogP contribution in [0.3, 0.4) is 0 Å². The lowest BCUT2D eigenvalue weighted by Crippen LogP contribution is -2.33. The summed E-state index contributed by atoms with van der Waals surface area (Å²) >= 11 is 3.57. The van der Waals surface area contributed by atoms with Crippen LogP contribution in [-0.4, -0.2) is 23.1 Å². The van der Waals surface area contributed by atoms with Crippen LogP contribution in [0.5, 0.6) is 0 Å². The number of piperidine rings is 1. The van der Waals surface area contributed by atoms with Gasteiger partial charge in [-0.3, -0.25) is 4.98 Å². The second kappa shape index (κ2) is 5.92. The van der Waals surface area contributed by atoms with Crippen molar-refractivity contribution in [2.24, 2.45) is 0 Å². The van der Waals surface area contributed by atoms with Crippen LogP contribution < -0.4 is 4.90 Å². The third-order valence-corrected chi connectivity index (χ3v) is 4.91. The van der Waals surface area contributed by atoms with Gasteiger partial charge in [-0.05, 0) is 42.9 Å². The van der Waals surface area contributed by atoms with Gasteiger partial charge in [0.25, 0.3) is 0 Å². The molecule has 0 atom stereocenters. The summed E-state index contributed by atoms with van der Waals surface area (Å²) in [6.07, 6.45) is 7.69. The van der Waals surface area contributed by atoms with Crippen LogP contribution in [0.2, 0.25) is 0 Å². The number of rotatable bonds is 2. The fourth-order valence-corrected chi connectivity index (χ4v) is 3.06. The molecule has 1 aromatic carbocycles. The minimum atomic E-state index is 0.662. The van der Waals surface area contributed by atoms with Gasteiger partial charge in [0.1, 0.15) is 5.82 Å². The predicted molar refractivity (Wildman–Crippen MR) is 85.1 cm³/mol. The Hall–Kier alpha value is -1.42. The van der Waals surface area contributed by atoms with E-state index in [1.54, 1.807) is 12.4 Å². The Labute approximate surface area is 128 Å². The van der Waals surface area contributed by atoms with Crippen LogP contribution in [0, 0.1) is 6.92 Å². The molecule has 3 nitrogen and oxygen atoms in total. The molecule has 0 N–H and O–H groups in total. The van der Waals surface area contributed by atoms with Crippen molar-refractivity contribution in [2.45, 2.75) is 25.7 Å². The first-order valence-electron chi connectivity index (χ1n) is 7.01. The molecule has 4 heteroatoms. The Bertz CT molecular complexity index is 578. The normalized spacial score (nSPS) is 16.4. The Morgan fingerprint density at radius 3 is 2.65 bits per heavy atom. The zero-order valence-corrected chi connectivity index (χ0v) is 13.2. The van der Waals surface area contributed by atoms with Gasteiger partial charge in [0, 0.05) is 30.0 Å². The van der Waals surface area contributed by atoms with Crippen LogP contribution in [0.1, 0.15) is 29.9 Å².